The highest BCUT2D eigenvalue weighted by molar-refractivity contribution is 7.21. The summed E-state index contributed by atoms with van der Waals surface area (Å²) in [5, 5.41) is 15.4. The second-order valence-corrected chi connectivity index (χ2v) is 13.4. The summed E-state index contributed by atoms with van der Waals surface area (Å²) in [6.45, 7) is 0. The lowest BCUT2D eigenvalue weighted by Crippen LogP contribution is -1.87. The number of benzene rings is 8. The highest BCUT2D eigenvalue weighted by Gasteiger charge is 2.13. The van der Waals surface area contributed by atoms with Crippen molar-refractivity contribution in [3.63, 3.8) is 0 Å². The van der Waals surface area contributed by atoms with E-state index in [0.717, 1.165) is 43.0 Å². The first-order valence-electron chi connectivity index (χ1n) is 16.3. The van der Waals surface area contributed by atoms with Crippen molar-refractivity contribution < 1.29 is 0 Å². The molecule has 0 spiro atoms. The van der Waals surface area contributed by atoms with Crippen molar-refractivity contribution in [2.75, 3.05) is 0 Å². The van der Waals surface area contributed by atoms with Crippen molar-refractivity contribution in [1.29, 1.82) is 5.26 Å². The fourth-order valence-corrected chi connectivity index (χ4v) is 7.64. The first-order chi connectivity index (χ1) is 24.2. The van der Waals surface area contributed by atoms with Gasteiger partial charge in [0.05, 0.1) is 21.8 Å². The molecule has 0 atom stereocenters. The Balaban J connectivity index is 1.12. The van der Waals surface area contributed by atoms with Gasteiger partial charge in [0.1, 0.15) is 5.01 Å². The molecule has 0 aliphatic heterocycles. The molecular formula is C46H28N2S. The molecule has 228 valence electrons. The Bertz CT molecular complexity index is 2570. The molecular weight excluding hydrogens is 613 g/mol. The summed E-state index contributed by atoms with van der Waals surface area (Å²) in [7, 11) is 0. The van der Waals surface area contributed by atoms with Crippen molar-refractivity contribution in [1.82, 2.24) is 4.98 Å². The molecule has 0 bridgehead atoms. The fourth-order valence-electron chi connectivity index (χ4n) is 6.65. The highest BCUT2D eigenvalue weighted by atomic mass is 32.1. The molecule has 1 aromatic heterocycles. The molecule has 0 amide bonds. The average molecular weight is 641 g/mol. The van der Waals surface area contributed by atoms with Crippen molar-refractivity contribution in [3.8, 4) is 61.1 Å². The van der Waals surface area contributed by atoms with Crippen LogP contribution in [0.1, 0.15) is 5.56 Å². The minimum absolute atomic E-state index is 0.648. The number of rotatable bonds is 5. The van der Waals surface area contributed by atoms with Crippen LogP contribution < -0.4 is 0 Å². The van der Waals surface area contributed by atoms with E-state index in [-0.39, 0.29) is 0 Å². The third-order valence-corrected chi connectivity index (χ3v) is 10.4. The van der Waals surface area contributed by atoms with Crippen LogP contribution in [0.5, 0.6) is 0 Å². The van der Waals surface area contributed by atoms with Gasteiger partial charge in [-0.1, -0.05) is 121 Å². The minimum atomic E-state index is 0.648. The van der Waals surface area contributed by atoms with Gasteiger partial charge in [-0.05, 0) is 115 Å². The van der Waals surface area contributed by atoms with Gasteiger partial charge in [0.2, 0.25) is 0 Å². The number of aromatic nitrogens is 1. The zero-order valence-corrected chi connectivity index (χ0v) is 27.3. The van der Waals surface area contributed by atoms with Crippen molar-refractivity contribution in [2.45, 2.75) is 0 Å². The minimum Gasteiger partial charge on any atom is -0.236 e. The maximum atomic E-state index is 9.46. The zero-order valence-electron chi connectivity index (χ0n) is 26.5. The van der Waals surface area contributed by atoms with Gasteiger partial charge in [-0.2, -0.15) is 5.26 Å². The fraction of sp³-hybridized carbons (Fsp3) is 0. The summed E-state index contributed by atoms with van der Waals surface area (Å²) in [5.74, 6) is 0. The van der Waals surface area contributed by atoms with Gasteiger partial charge < -0.3 is 0 Å². The molecule has 9 rings (SSSR count). The van der Waals surface area contributed by atoms with Crippen LogP contribution in [0, 0.1) is 11.3 Å². The molecule has 49 heavy (non-hydrogen) atoms. The van der Waals surface area contributed by atoms with Crippen molar-refractivity contribution >= 4 is 43.1 Å². The predicted molar refractivity (Wildman–Crippen MR) is 207 cm³/mol. The molecule has 3 heteroatoms. The maximum absolute atomic E-state index is 9.46. The number of nitriles is 1. The van der Waals surface area contributed by atoms with Crippen LogP contribution in [0.15, 0.2) is 170 Å². The molecule has 0 aliphatic rings. The lowest BCUT2D eigenvalue weighted by molar-refractivity contribution is 1.46. The van der Waals surface area contributed by atoms with Crippen LogP contribution in [0.2, 0.25) is 0 Å². The topological polar surface area (TPSA) is 36.7 Å². The van der Waals surface area contributed by atoms with Gasteiger partial charge >= 0.3 is 0 Å². The molecule has 0 aliphatic carbocycles. The normalized spacial score (nSPS) is 11.2. The van der Waals surface area contributed by atoms with Gasteiger partial charge in [-0.3, -0.25) is 0 Å². The first kappa shape index (κ1) is 28.8. The van der Waals surface area contributed by atoms with Crippen LogP contribution in [0.4, 0.5) is 0 Å². The molecule has 1 heterocycles. The van der Waals surface area contributed by atoms with E-state index in [0.29, 0.717) is 5.56 Å². The maximum Gasteiger partial charge on any atom is 0.124 e. The summed E-state index contributed by atoms with van der Waals surface area (Å²) in [6, 6.07) is 62.7. The summed E-state index contributed by atoms with van der Waals surface area (Å²) in [6.07, 6.45) is 0. The number of thiazole rings is 1. The summed E-state index contributed by atoms with van der Waals surface area (Å²) < 4.78 is 1.01. The molecule has 0 unspecified atom stereocenters. The molecule has 0 radical (unpaired) electrons. The van der Waals surface area contributed by atoms with Crippen molar-refractivity contribution in [3.05, 3.63) is 175 Å². The van der Waals surface area contributed by atoms with Gasteiger partial charge in [0.15, 0.2) is 0 Å². The largest absolute Gasteiger partial charge is 0.236 e. The number of hydrogen-bond donors (Lipinski definition) is 0. The predicted octanol–water partition coefficient (Wildman–Crippen LogP) is 12.8. The Morgan fingerprint density at radius 2 is 0.837 bits per heavy atom. The second-order valence-electron chi connectivity index (χ2n) is 12.4. The number of nitrogens with zero attached hydrogens (tertiary/aromatic N) is 2. The quantitative estimate of drug-likeness (QED) is 0.188. The van der Waals surface area contributed by atoms with Crippen molar-refractivity contribution in [2.24, 2.45) is 0 Å². The summed E-state index contributed by atoms with van der Waals surface area (Å²) >= 11 is 1.63. The smallest absolute Gasteiger partial charge is 0.124 e. The van der Waals surface area contributed by atoms with Gasteiger partial charge in [0.25, 0.3) is 0 Å². The SMILES string of the molecule is N#Cc1ccc2nc(-c3cc(-c4ccc(-c5ccc6ccccc6c5)cc4)cc(-c4ccc(-c5ccc6ccccc6c5)cc4)c3)sc2c1. The Kier molecular flexibility index (Phi) is 7.08. The Hall–Kier alpha value is -6.34. The van der Waals surface area contributed by atoms with Crippen LogP contribution in [0.3, 0.4) is 0 Å². The molecule has 2 nitrogen and oxygen atoms in total. The Morgan fingerprint density at radius 3 is 1.35 bits per heavy atom. The molecule has 8 aromatic carbocycles. The molecule has 0 fully saturated rings. The lowest BCUT2D eigenvalue weighted by Gasteiger charge is -2.12. The van der Waals surface area contributed by atoms with Gasteiger partial charge in [-0.15, -0.1) is 11.3 Å². The monoisotopic (exact) mass is 640 g/mol. The van der Waals surface area contributed by atoms with Crippen LogP contribution >= 0.6 is 11.3 Å². The van der Waals surface area contributed by atoms with E-state index in [4.69, 9.17) is 4.98 Å². The van der Waals surface area contributed by atoms with Crippen LogP contribution in [0.25, 0.3) is 86.8 Å². The molecule has 0 N–H and O–H groups in total. The standard InChI is InChI=1S/C46H28N2S/c47-29-30-9-22-44-45(23-30)49-46(48-44)43-27-41(35-14-10-33(11-15-35)39-20-18-31-5-1-3-7-37(31)24-39)26-42(28-43)36-16-12-34(13-17-36)40-21-19-32-6-2-4-8-38(32)25-40/h1-28H. The summed E-state index contributed by atoms with van der Waals surface area (Å²) in [4.78, 5) is 4.99. The highest BCUT2D eigenvalue weighted by Crippen LogP contribution is 2.38. The van der Waals surface area contributed by atoms with E-state index < -0.39 is 0 Å². The lowest BCUT2D eigenvalue weighted by atomic mass is 9.93. The van der Waals surface area contributed by atoms with E-state index >= 15 is 0 Å². The average Bonchev–Trinajstić information content (AvgIpc) is 3.61. The number of hydrogen-bond acceptors (Lipinski definition) is 3. The third kappa shape index (κ3) is 5.55. The first-order valence-corrected chi connectivity index (χ1v) is 17.1. The summed E-state index contributed by atoms with van der Waals surface area (Å²) in [5.41, 5.74) is 12.0. The van der Waals surface area contributed by atoms with E-state index in [2.05, 4.69) is 158 Å². The van der Waals surface area contributed by atoms with E-state index in [1.54, 1.807) is 11.3 Å². The van der Waals surface area contributed by atoms with Crippen LogP contribution in [-0.2, 0) is 0 Å². The van der Waals surface area contributed by atoms with Crippen LogP contribution in [-0.4, -0.2) is 4.98 Å². The van der Waals surface area contributed by atoms with Gasteiger partial charge in [-0.25, -0.2) is 4.98 Å². The van der Waals surface area contributed by atoms with E-state index in [1.807, 2.05) is 18.2 Å². The molecule has 0 saturated heterocycles. The Labute approximate surface area is 288 Å². The van der Waals surface area contributed by atoms with Gasteiger partial charge in [0, 0.05) is 5.56 Å². The second kappa shape index (κ2) is 12.0. The van der Waals surface area contributed by atoms with E-state index in [1.165, 1.54) is 43.8 Å². The number of fused-ring (bicyclic) bond motifs is 3. The third-order valence-electron chi connectivity index (χ3n) is 9.30. The molecule has 0 saturated carbocycles. The molecule has 9 aromatic rings. The zero-order chi connectivity index (χ0) is 32.7. The Morgan fingerprint density at radius 1 is 0.388 bits per heavy atom. The van der Waals surface area contributed by atoms with E-state index in [9.17, 15) is 5.26 Å².